The molecule has 12 heavy (non-hydrogen) atoms. The fourth-order valence-electron chi connectivity index (χ4n) is 0.988. The molecule has 4 nitrogen and oxygen atoms in total. The minimum absolute atomic E-state index is 0.797. The van der Waals surface area contributed by atoms with Crippen LogP contribution >= 0.6 is 11.8 Å². The maximum atomic E-state index is 4.31. The summed E-state index contributed by atoms with van der Waals surface area (Å²) in [5.41, 5.74) is 0.797. The third-order valence-electron chi connectivity index (χ3n) is 1.60. The molecular formula is C7H8N4S. The Kier molecular flexibility index (Phi) is 1.73. The van der Waals surface area contributed by atoms with Crippen LogP contribution in [0.2, 0.25) is 0 Å². The second-order valence-electron chi connectivity index (χ2n) is 2.39. The summed E-state index contributed by atoms with van der Waals surface area (Å²) >= 11 is 1.61. The second-order valence-corrected chi connectivity index (χ2v) is 3.22. The number of thioether (sulfide) groups is 1. The SMILES string of the molecule is CSc1ccc2nnc(C)n2n1. The predicted octanol–water partition coefficient (Wildman–Crippen LogP) is 1.15. The minimum Gasteiger partial charge on any atom is -0.197 e. The van der Waals surface area contributed by atoms with E-state index in [1.54, 1.807) is 16.3 Å². The summed E-state index contributed by atoms with van der Waals surface area (Å²) in [7, 11) is 0. The molecule has 0 aliphatic rings. The van der Waals surface area contributed by atoms with Crippen LogP contribution in [-0.2, 0) is 0 Å². The van der Waals surface area contributed by atoms with Gasteiger partial charge in [-0.05, 0) is 25.3 Å². The van der Waals surface area contributed by atoms with Gasteiger partial charge in [0.15, 0.2) is 11.5 Å². The van der Waals surface area contributed by atoms with E-state index in [1.165, 1.54) is 0 Å². The molecule has 0 aromatic carbocycles. The second kappa shape index (κ2) is 2.75. The number of rotatable bonds is 1. The highest BCUT2D eigenvalue weighted by atomic mass is 32.2. The molecule has 0 saturated heterocycles. The Hall–Kier alpha value is -1.10. The molecule has 0 amide bonds. The van der Waals surface area contributed by atoms with Crippen LogP contribution in [0.15, 0.2) is 17.2 Å². The van der Waals surface area contributed by atoms with E-state index in [1.807, 2.05) is 25.3 Å². The zero-order valence-corrected chi connectivity index (χ0v) is 7.67. The van der Waals surface area contributed by atoms with E-state index < -0.39 is 0 Å². The lowest BCUT2D eigenvalue weighted by Gasteiger charge is -1.95. The summed E-state index contributed by atoms with van der Waals surface area (Å²) < 4.78 is 1.74. The maximum absolute atomic E-state index is 4.31. The van der Waals surface area contributed by atoms with E-state index in [9.17, 15) is 0 Å². The van der Waals surface area contributed by atoms with Crippen molar-refractivity contribution in [3.8, 4) is 0 Å². The first-order valence-corrected chi connectivity index (χ1v) is 4.77. The molecule has 0 unspecified atom stereocenters. The zero-order valence-electron chi connectivity index (χ0n) is 6.85. The summed E-state index contributed by atoms with van der Waals surface area (Å²) in [4.78, 5) is 0. The molecule has 2 rings (SSSR count). The summed E-state index contributed by atoms with van der Waals surface area (Å²) in [5.74, 6) is 0.820. The van der Waals surface area contributed by atoms with Gasteiger partial charge in [0.05, 0.1) is 0 Å². The normalized spacial score (nSPS) is 10.8. The Morgan fingerprint density at radius 2 is 2.17 bits per heavy atom. The number of hydrogen-bond donors (Lipinski definition) is 0. The van der Waals surface area contributed by atoms with Crippen molar-refractivity contribution in [3.05, 3.63) is 18.0 Å². The predicted molar refractivity (Wildman–Crippen MR) is 47.3 cm³/mol. The number of fused-ring (bicyclic) bond motifs is 1. The first-order valence-electron chi connectivity index (χ1n) is 3.54. The van der Waals surface area contributed by atoms with Crippen molar-refractivity contribution in [2.75, 3.05) is 6.26 Å². The van der Waals surface area contributed by atoms with E-state index in [2.05, 4.69) is 15.3 Å². The molecular weight excluding hydrogens is 172 g/mol. The zero-order chi connectivity index (χ0) is 8.55. The lowest BCUT2D eigenvalue weighted by Crippen LogP contribution is -1.94. The molecule has 0 spiro atoms. The average molecular weight is 180 g/mol. The Balaban J connectivity index is 2.71. The van der Waals surface area contributed by atoms with Crippen LogP contribution < -0.4 is 0 Å². The van der Waals surface area contributed by atoms with Crippen molar-refractivity contribution in [2.24, 2.45) is 0 Å². The van der Waals surface area contributed by atoms with Crippen LogP contribution in [0.4, 0.5) is 0 Å². The molecule has 62 valence electrons. The molecule has 0 radical (unpaired) electrons. The molecule has 0 bridgehead atoms. The molecule has 5 heteroatoms. The van der Waals surface area contributed by atoms with Gasteiger partial charge in [0.25, 0.3) is 0 Å². The van der Waals surface area contributed by atoms with Crippen LogP contribution in [0.5, 0.6) is 0 Å². The summed E-state index contributed by atoms with van der Waals surface area (Å²) in [6, 6.07) is 3.85. The van der Waals surface area contributed by atoms with Crippen LogP contribution in [0, 0.1) is 6.92 Å². The van der Waals surface area contributed by atoms with Gasteiger partial charge in [-0.3, -0.25) is 0 Å². The first-order chi connectivity index (χ1) is 5.81. The van der Waals surface area contributed by atoms with Gasteiger partial charge in [-0.25, -0.2) is 0 Å². The molecule has 0 saturated carbocycles. The third kappa shape index (κ3) is 1.06. The highest BCUT2D eigenvalue weighted by Crippen LogP contribution is 2.11. The first kappa shape index (κ1) is 7.54. The largest absolute Gasteiger partial charge is 0.197 e. The lowest BCUT2D eigenvalue weighted by molar-refractivity contribution is 0.819. The lowest BCUT2D eigenvalue weighted by atomic mass is 10.5. The molecule has 0 aliphatic carbocycles. The Bertz CT molecular complexity index is 409. The van der Waals surface area contributed by atoms with E-state index in [0.717, 1.165) is 16.5 Å². The quantitative estimate of drug-likeness (QED) is 0.617. The van der Waals surface area contributed by atoms with E-state index >= 15 is 0 Å². The monoisotopic (exact) mass is 180 g/mol. The van der Waals surface area contributed by atoms with Gasteiger partial charge in [0.1, 0.15) is 5.03 Å². The molecule has 0 fully saturated rings. The van der Waals surface area contributed by atoms with Crippen LogP contribution in [-0.4, -0.2) is 26.1 Å². The summed E-state index contributed by atoms with van der Waals surface area (Å²) in [6.07, 6.45) is 1.99. The average Bonchev–Trinajstić information content (AvgIpc) is 2.47. The van der Waals surface area contributed by atoms with Crippen molar-refractivity contribution in [1.29, 1.82) is 0 Å². The third-order valence-corrected chi connectivity index (χ3v) is 2.24. The Morgan fingerprint density at radius 1 is 1.33 bits per heavy atom. The fraction of sp³-hybridized carbons (Fsp3) is 0.286. The fourth-order valence-corrected chi connectivity index (χ4v) is 1.36. The van der Waals surface area contributed by atoms with Gasteiger partial charge in [-0.2, -0.15) is 9.61 Å². The number of hydrogen-bond acceptors (Lipinski definition) is 4. The minimum atomic E-state index is 0.797. The number of aryl methyl sites for hydroxylation is 1. The molecule has 2 heterocycles. The maximum Gasteiger partial charge on any atom is 0.177 e. The topological polar surface area (TPSA) is 43.1 Å². The Morgan fingerprint density at radius 3 is 2.92 bits per heavy atom. The van der Waals surface area contributed by atoms with E-state index in [4.69, 9.17) is 0 Å². The van der Waals surface area contributed by atoms with Crippen molar-refractivity contribution < 1.29 is 0 Å². The van der Waals surface area contributed by atoms with Gasteiger partial charge < -0.3 is 0 Å². The van der Waals surface area contributed by atoms with Gasteiger partial charge in [0, 0.05) is 0 Å². The Labute approximate surface area is 74.0 Å². The molecule has 2 aromatic heterocycles. The highest BCUT2D eigenvalue weighted by molar-refractivity contribution is 7.98. The van der Waals surface area contributed by atoms with Gasteiger partial charge in [-0.15, -0.1) is 22.0 Å². The van der Waals surface area contributed by atoms with Gasteiger partial charge in [-0.1, -0.05) is 0 Å². The van der Waals surface area contributed by atoms with Crippen LogP contribution in [0.25, 0.3) is 5.65 Å². The van der Waals surface area contributed by atoms with Gasteiger partial charge in [0.2, 0.25) is 0 Å². The number of aromatic nitrogens is 4. The number of nitrogens with zero attached hydrogens (tertiary/aromatic N) is 4. The smallest absolute Gasteiger partial charge is 0.177 e. The molecule has 0 atom stereocenters. The van der Waals surface area contributed by atoms with Crippen LogP contribution in [0.1, 0.15) is 5.82 Å². The summed E-state index contributed by atoms with van der Waals surface area (Å²) in [5, 5.41) is 13.1. The van der Waals surface area contributed by atoms with E-state index in [-0.39, 0.29) is 0 Å². The van der Waals surface area contributed by atoms with Gasteiger partial charge >= 0.3 is 0 Å². The summed E-state index contributed by atoms with van der Waals surface area (Å²) in [6.45, 7) is 1.89. The molecule has 2 aromatic rings. The van der Waals surface area contributed by atoms with Crippen molar-refractivity contribution in [3.63, 3.8) is 0 Å². The van der Waals surface area contributed by atoms with Crippen molar-refractivity contribution in [2.45, 2.75) is 11.9 Å². The van der Waals surface area contributed by atoms with Crippen LogP contribution in [0.3, 0.4) is 0 Å². The van der Waals surface area contributed by atoms with Crippen molar-refractivity contribution >= 4 is 17.4 Å². The van der Waals surface area contributed by atoms with E-state index in [0.29, 0.717) is 0 Å². The standard InChI is InChI=1S/C7H8N4S/c1-5-8-9-6-3-4-7(12-2)10-11(5)6/h3-4H,1-2H3. The molecule has 0 aliphatic heterocycles. The van der Waals surface area contributed by atoms with Crippen molar-refractivity contribution in [1.82, 2.24) is 19.8 Å². The molecule has 0 N–H and O–H groups in total. The highest BCUT2D eigenvalue weighted by Gasteiger charge is 2.01.